The standard InChI is InChI=1S/C17H26N2O3/c1-12(2)10-14(8-9-20)11-18-17(22)19-16-6-4-15(5-7-16)13(3)21/h4-7,12,14,20H,8-11H2,1-3H3,(H2,18,19,22). The van der Waals surface area contributed by atoms with Gasteiger partial charge in [0.1, 0.15) is 0 Å². The molecule has 0 aliphatic carbocycles. The Balaban J connectivity index is 2.46. The lowest BCUT2D eigenvalue weighted by Crippen LogP contribution is -2.33. The fraction of sp³-hybridized carbons (Fsp3) is 0.529. The number of Topliss-reactive ketones (excluding diaryl/α,β-unsaturated/α-hetero) is 1. The van der Waals surface area contributed by atoms with Gasteiger partial charge in [-0.15, -0.1) is 0 Å². The number of carbonyl (C=O) groups excluding carboxylic acids is 2. The van der Waals surface area contributed by atoms with Gasteiger partial charge in [-0.1, -0.05) is 13.8 Å². The average molecular weight is 306 g/mol. The van der Waals surface area contributed by atoms with E-state index >= 15 is 0 Å². The van der Waals surface area contributed by atoms with E-state index < -0.39 is 0 Å². The van der Waals surface area contributed by atoms with Gasteiger partial charge in [-0.25, -0.2) is 4.79 Å². The van der Waals surface area contributed by atoms with E-state index in [1.54, 1.807) is 24.3 Å². The van der Waals surface area contributed by atoms with Crippen LogP contribution in [0.1, 0.15) is 44.0 Å². The van der Waals surface area contributed by atoms with E-state index in [-0.39, 0.29) is 24.3 Å². The van der Waals surface area contributed by atoms with Gasteiger partial charge in [-0.2, -0.15) is 0 Å². The van der Waals surface area contributed by atoms with Crippen molar-refractivity contribution in [1.82, 2.24) is 5.32 Å². The minimum Gasteiger partial charge on any atom is -0.396 e. The molecule has 0 aromatic heterocycles. The van der Waals surface area contributed by atoms with Crippen molar-refractivity contribution >= 4 is 17.5 Å². The monoisotopic (exact) mass is 306 g/mol. The molecule has 3 N–H and O–H groups in total. The maximum absolute atomic E-state index is 11.9. The minimum absolute atomic E-state index is 0.00321. The number of nitrogens with one attached hydrogen (secondary N) is 2. The lowest BCUT2D eigenvalue weighted by molar-refractivity contribution is 0.101. The maximum Gasteiger partial charge on any atom is 0.319 e. The van der Waals surface area contributed by atoms with E-state index in [1.807, 2.05) is 0 Å². The molecule has 5 nitrogen and oxygen atoms in total. The van der Waals surface area contributed by atoms with Crippen LogP contribution in [0.25, 0.3) is 0 Å². The van der Waals surface area contributed by atoms with Crippen molar-refractivity contribution in [2.75, 3.05) is 18.5 Å². The first kappa shape index (κ1) is 18.2. The summed E-state index contributed by atoms with van der Waals surface area (Å²) in [5.41, 5.74) is 1.26. The smallest absolute Gasteiger partial charge is 0.319 e. The third-order valence-electron chi connectivity index (χ3n) is 3.44. The second kappa shape index (κ2) is 9.20. The molecule has 1 rings (SSSR count). The first-order valence-electron chi connectivity index (χ1n) is 7.69. The molecule has 1 unspecified atom stereocenters. The Kier molecular flexibility index (Phi) is 7.60. The average Bonchev–Trinajstić information content (AvgIpc) is 2.45. The van der Waals surface area contributed by atoms with E-state index in [0.29, 0.717) is 30.1 Å². The molecule has 0 aliphatic rings. The van der Waals surface area contributed by atoms with Crippen LogP contribution in [0, 0.1) is 11.8 Å². The number of ketones is 1. The lowest BCUT2D eigenvalue weighted by atomic mass is 9.94. The zero-order valence-corrected chi connectivity index (χ0v) is 13.6. The molecule has 2 amide bonds. The molecule has 0 spiro atoms. The van der Waals surface area contributed by atoms with Gasteiger partial charge in [0.2, 0.25) is 0 Å². The van der Waals surface area contributed by atoms with Crippen LogP contribution in [0.5, 0.6) is 0 Å². The highest BCUT2D eigenvalue weighted by Crippen LogP contribution is 2.14. The number of urea groups is 1. The topological polar surface area (TPSA) is 78.4 Å². The molecule has 0 radical (unpaired) electrons. The van der Waals surface area contributed by atoms with Crippen molar-refractivity contribution in [2.45, 2.75) is 33.6 Å². The highest BCUT2D eigenvalue weighted by atomic mass is 16.3. The molecule has 5 heteroatoms. The summed E-state index contributed by atoms with van der Waals surface area (Å²) in [7, 11) is 0. The molecule has 0 saturated carbocycles. The lowest BCUT2D eigenvalue weighted by Gasteiger charge is -2.18. The van der Waals surface area contributed by atoms with Crippen molar-refractivity contribution in [1.29, 1.82) is 0 Å². The first-order chi connectivity index (χ1) is 10.4. The predicted octanol–water partition coefficient (Wildman–Crippen LogP) is 3.06. The molecule has 0 bridgehead atoms. The van der Waals surface area contributed by atoms with Crippen LogP contribution in [-0.4, -0.2) is 30.1 Å². The van der Waals surface area contributed by atoms with Gasteiger partial charge in [-0.05, 0) is 55.9 Å². The number of carbonyl (C=O) groups is 2. The van der Waals surface area contributed by atoms with E-state index in [0.717, 1.165) is 6.42 Å². The molecule has 1 aromatic rings. The largest absolute Gasteiger partial charge is 0.396 e. The number of rotatable bonds is 8. The number of anilines is 1. The number of aliphatic hydroxyl groups is 1. The molecule has 22 heavy (non-hydrogen) atoms. The van der Waals surface area contributed by atoms with Crippen LogP contribution >= 0.6 is 0 Å². The summed E-state index contributed by atoms with van der Waals surface area (Å²) in [6.45, 7) is 6.43. The Bertz CT molecular complexity index is 483. The fourth-order valence-corrected chi connectivity index (χ4v) is 2.35. The fourth-order valence-electron chi connectivity index (χ4n) is 2.35. The molecule has 122 valence electrons. The van der Waals surface area contributed by atoms with Crippen molar-refractivity contribution in [2.24, 2.45) is 11.8 Å². The van der Waals surface area contributed by atoms with Crippen molar-refractivity contribution in [3.8, 4) is 0 Å². The summed E-state index contributed by atoms with van der Waals surface area (Å²) in [6.07, 6.45) is 1.65. The third-order valence-corrected chi connectivity index (χ3v) is 3.44. The van der Waals surface area contributed by atoms with E-state index in [4.69, 9.17) is 5.11 Å². The Hall–Kier alpha value is -1.88. The summed E-state index contributed by atoms with van der Waals surface area (Å²) >= 11 is 0. The van der Waals surface area contributed by atoms with Crippen molar-refractivity contribution in [3.05, 3.63) is 29.8 Å². The third kappa shape index (κ3) is 6.72. The van der Waals surface area contributed by atoms with Gasteiger partial charge in [0.05, 0.1) is 0 Å². The van der Waals surface area contributed by atoms with Gasteiger partial charge in [0.15, 0.2) is 5.78 Å². The number of amides is 2. The molecule has 0 heterocycles. The Labute approximate surface area is 132 Å². The molecular weight excluding hydrogens is 280 g/mol. The molecule has 0 aliphatic heterocycles. The van der Waals surface area contributed by atoms with Crippen molar-refractivity contribution < 1.29 is 14.7 Å². The molecular formula is C17H26N2O3. The van der Waals surface area contributed by atoms with Crippen LogP contribution in [-0.2, 0) is 0 Å². The van der Waals surface area contributed by atoms with Crippen LogP contribution in [0.4, 0.5) is 10.5 Å². The molecule has 0 fully saturated rings. The van der Waals surface area contributed by atoms with Crippen LogP contribution in [0.3, 0.4) is 0 Å². The highest BCUT2D eigenvalue weighted by Gasteiger charge is 2.12. The molecule has 0 saturated heterocycles. The highest BCUT2D eigenvalue weighted by molar-refractivity contribution is 5.95. The Morgan fingerprint density at radius 1 is 1.18 bits per heavy atom. The second-order valence-corrected chi connectivity index (χ2v) is 5.98. The molecule has 1 atom stereocenters. The summed E-state index contributed by atoms with van der Waals surface area (Å²) in [5.74, 6) is 0.799. The van der Waals surface area contributed by atoms with Crippen molar-refractivity contribution in [3.63, 3.8) is 0 Å². The summed E-state index contributed by atoms with van der Waals surface area (Å²) in [4.78, 5) is 23.1. The van der Waals surface area contributed by atoms with Crippen LogP contribution in [0.15, 0.2) is 24.3 Å². The van der Waals surface area contributed by atoms with E-state index in [1.165, 1.54) is 6.92 Å². The number of benzene rings is 1. The zero-order chi connectivity index (χ0) is 16.5. The van der Waals surface area contributed by atoms with E-state index in [9.17, 15) is 9.59 Å². The minimum atomic E-state index is -0.276. The van der Waals surface area contributed by atoms with Gasteiger partial charge in [0, 0.05) is 24.4 Å². The first-order valence-corrected chi connectivity index (χ1v) is 7.69. The number of aliphatic hydroxyl groups excluding tert-OH is 1. The summed E-state index contributed by atoms with van der Waals surface area (Å²) in [6, 6.07) is 6.50. The normalized spacial score (nSPS) is 12.0. The van der Waals surface area contributed by atoms with Gasteiger partial charge < -0.3 is 15.7 Å². The number of hydrogen-bond acceptors (Lipinski definition) is 3. The predicted molar refractivity (Wildman–Crippen MR) is 88.1 cm³/mol. The quantitative estimate of drug-likeness (QED) is 0.646. The zero-order valence-electron chi connectivity index (χ0n) is 13.6. The summed E-state index contributed by atoms with van der Waals surface area (Å²) in [5, 5.41) is 14.6. The van der Waals surface area contributed by atoms with Crippen LogP contribution in [0.2, 0.25) is 0 Å². The number of hydrogen-bond donors (Lipinski definition) is 3. The maximum atomic E-state index is 11.9. The second-order valence-electron chi connectivity index (χ2n) is 5.98. The molecule has 1 aromatic carbocycles. The summed E-state index contributed by atoms with van der Waals surface area (Å²) < 4.78 is 0. The SMILES string of the molecule is CC(=O)c1ccc(NC(=O)NCC(CCO)CC(C)C)cc1. The van der Waals surface area contributed by atoms with Gasteiger partial charge in [-0.3, -0.25) is 4.79 Å². The van der Waals surface area contributed by atoms with E-state index in [2.05, 4.69) is 24.5 Å². The van der Waals surface area contributed by atoms with Gasteiger partial charge >= 0.3 is 6.03 Å². The van der Waals surface area contributed by atoms with Gasteiger partial charge in [0.25, 0.3) is 0 Å². The Morgan fingerprint density at radius 2 is 1.82 bits per heavy atom. The Morgan fingerprint density at radius 3 is 2.32 bits per heavy atom. The van der Waals surface area contributed by atoms with Crippen LogP contribution < -0.4 is 10.6 Å².